The van der Waals surface area contributed by atoms with E-state index in [0.717, 1.165) is 18.6 Å². The molecule has 0 radical (unpaired) electrons. The second-order valence-electron chi connectivity index (χ2n) is 3.74. The van der Waals surface area contributed by atoms with E-state index in [1.54, 1.807) is 4.90 Å². The number of nitrogens with two attached hydrogens (primary N) is 1. The number of halogens is 2. The van der Waals surface area contributed by atoms with Gasteiger partial charge in [0.1, 0.15) is 0 Å². The number of hydrogen-bond donors (Lipinski definition) is 1. The molecule has 0 saturated heterocycles. The van der Waals surface area contributed by atoms with E-state index in [-0.39, 0.29) is 17.2 Å². The first kappa shape index (κ1) is 13.4. The Kier molecular flexibility index (Phi) is 4.43. The highest BCUT2D eigenvalue weighted by Crippen LogP contribution is 2.19. The summed E-state index contributed by atoms with van der Waals surface area (Å²) in [6.07, 6.45) is 0.795. The van der Waals surface area contributed by atoms with Gasteiger partial charge in [-0.2, -0.15) is 0 Å². The van der Waals surface area contributed by atoms with Gasteiger partial charge in [0.2, 0.25) is 0 Å². The lowest BCUT2D eigenvalue weighted by molar-refractivity contribution is 0.0765. The Bertz CT molecular complexity index is 421. The molecule has 5 heteroatoms. The van der Waals surface area contributed by atoms with Crippen molar-refractivity contribution in [1.82, 2.24) is 4.90 Å². The van der Waals surface area contributed by atoms with Gasteiger partial charge >= 0.3 is 0 Å². The van der Waals surface area contributed by atoms with Gasteiger partial charge in [-0.1, -0.05) is 6.92 Å². The van der Waals surface area contributed by atoms with Crippen molar-refractivity contribution in [3.8, 4) is 0 Å². The Morgan fingerprint density at radius 2 is 1.88 bits per heavy atom. The number of nitrogen functional groups attached to an aromatic ring is 1. The Morgan fingerprint density at radius 1 is 1.29 bits per heavy atom. The normalized spacial score (nSPS) is 10.4. The number of amides is 1. The first-order chi connectivity index (χ1) is 8.01. The molecule has 0 spiro atoms. The van der Waals surface area contributed by atoms with Crippen LogP contribution < -0.4 is 5.73 Å². The van der Waals surface area contributed by atoms with E-state index in [1.165, 1.54) is 0 Å². The summed E-state index contributed by atoms with van der Waals surface area (Å²) in [6, 6.07) is 1.69. The molecular weight excluding hydrogens is 226 g/mol. The molecule has 1 amide bonds. The number of rotatable bonds is 4. The van der Waals surface area contributed by atoms with Gasteiger partial charge in [-0.05, 0) is 19.4 Å². The van der Waals surface area contributed by atoms with E-state index in [9.17, 15) is 13.6 Å². The van der Waals surface area contributed by atoms with Crippen molar-refractivity contribution < 1.29 is 13.6 Å². The van der Waals surface area contributed by atoms with Crippen molar-refractivity contribution in [2.45, 2.75) is 20.3 Å². The summed E-state index contributed by atoms with van der Waals surface area (Å²) in [5.74, 6) is -2.47. The van der Waals surface area contributed by atoms with Crippen LogP contribution in [0.3, 0.4) is 0 Å². The minimum absolute atomic E-state index is 0.0131. The third-order valence-electron chi connectivity index (χ3n) is 2.49. The van der Waals surface area contributed by atoms with Crippen LogP contribution in [0.1, 0.15) is 30.6 Å². The van der Waals surface area contributed by atoms with Crippen LogP contribution in [0.25, 0.3) is 0 Å². The SMILES string of the molecule is CCCN(CC)C(=O)c1cc(F)c(F)cc1N. The summed E-state index contributed by atoms with van der Waals surface area (Å²) < 4.78 is 25.9. The molecule has 0 saturated carbocycles. The minimum Gasteiger partial charge on any atom is -0.398 e. The average Bonchev–Trinajstić information content (AvgIpc) is 2.30. The Hall–Kier alpha value is -1.65. The predicted octanol–water partition coefficient (Wildman–Crippen LogP) is 2.42. The van der Waals surface area contributed by atoms with E-state index in [0.29, 0.717) is 13.1 Å². The van der Waals surface area contributed by atoms with Crippen molar-refractivity contribution in [1.29, 1.82) is 0 Å². The van der Waals surface area contributed by atoms with E-state index in [2.05, 4.69) is 0 Å². The summed E-state index contributed by atoms with van der Waals surface area (Å²) in [7, 11) is 0. The molecule has 0 aromatic heterocycles. The van der Waals surface area contributed by atoms with E-state index < -0.39 is 11.6 Å². The number of carbonyl (C=O) groups is 1. The Balaban J connectivity index is 3.07. The van der Waals surface area contributed by atoms with Crippen LogP contribution >= 0.6 is 0 Å². The smallest absolute Gasteiger partial charge is 0.256 e. The lowest BCUT2D eigenvalue weighted by Gasteiger charge is -2.20. The van der Waals surface area contributed by atoms with Crippen molar-refractivity contribution in [3.05, 3.63) is 29.3 Å². The van der Waals surface area contributed by atoms with Crippen LogP contribution in [-0.4, -0.2) is 23.9 Å². The first-order valence-corrected chi connectivity index (χ1v) is 5.55. The van der Waals surface area contributed by atoms with Gasteiger partial charge in [-0.3, -0.25) is 4.79 Å². The van der Waals surface area contributed by atoms with Gasteiger partial charge in [-0.15, -0.1) is 0 Å². The van der Waals surface area contributed by atoms with E-state index in [4.69, 9.17) is 5.73 Å². The second-order valence-corrected chi connectivity index (χ2v) is 3.74. The summed E-state index contributed by atoms with van der Waals surface area (Å²) in [4.78, 5) is 13.6. The minimum atomic E-state index is -1.06. The van der Waals surface area contributed by atoms with Crippen LogP contribution in [0.2, 0.25) is 0 Å². The fourth-order valence-electron chi connectivity index (χ4n) is 1.59. The third kappa shape index (κ3) is 2.93. The molecule has 0 unspecified atom stereocenters. The highest BCUT2D eigenvalue weighted by atomic mass is 19.2. The molecule has 3 nitrogen and oxygen atoms in total. The number of benzene rings is 1. The number of hydrogen-bond acceptors (Lipinski definition) is 2. The highest BCUT2D eigenvalue weighted by molar-refractivity contribution is 5.99. The Labute approximate surface area is 99.2 Å². The first-order valence-electron chi connectivity index (χ1n) is 5.55. The van der Waals surface area contributed by atoms with Gasteiger partial charge in [0.15, 0.2) is 11.6 Å². The monoisotopic (exact) mass is 242 g/mol. The molecular formula is C12H16F2N2O. The van der Waals surface area contributed by atoms with E-state index >= 15 is 0 Å². The molecule has 0 heterocycles. The zero-order chi connectivity index (χ0) is 13.0. The molecule has 0 atom stereocenters. The molecule has 0 fully saturated rings. The highest BCUT2D eigenvalue weighted by Gasteiger charge is 2.18. The van der Waals surface area contributed by atoms with E-state index in [1.807, 2.05) is 13.8 Å². The molecule has 1 rings (SSSR count). The maximum absolute atomic E-state index is 13.1. The maximum atomic E-state index is 13.1. The maximum Gasteiger partial charge on any atom is 0.256 e. The van der Waals surface area contributed by atoms with Crippen molar-refractivity contribution in [3.63, 3.8) is 0 Å². The predicted molar refractivity (Wildman–Crippen MR) is 62.6 cm³/mol. The molecule has 0 bridgehead atoms. The molecule has 1 aromatic carbocycles. The quantitative estimate of drug-likeness (QED) is 0.824. The van der Waals surface area contributed by atoms with Crippen LogP contribution in [0.4, 0.5) is 14.5 Å². The molecule has 2 N–H and O–H groups in total. The molecule has 0 aliphatic heterocycles. The summed E-state index contributed by atoms with van der Waals surface area (Å²) in [5, 5.41) is 0. The van der Waals surface area contributed by atoms with Crippen molar-refractivity contribution >= 4 is 11.6 Å². The summed E-state index contributed by atoms with van der Waals surface area (Å²) in [5.41, 5.74) is 5.50. The fourth-order valence-corrected chi connectivity index (χ4v) is 1.59. The third-order valence-corrected chi connectivity index (χ3v) is 2.49. The topological polar surface area (TPSA) is 46.3 Å². The van der Waals surface area contributed by atoms with Gasteiger partial charge in [0.05, 0.1) is 5.56 Å². The van der Waals surface area contributed by atoms with Crippen LogP contribution in [0.5, 0.6) is 0 Å². The lowest BCUT2D eigenvalue weighted by Crippen LogP contribution is -2.32. The van der Waals surface area contributed by atoms with Gasteiger partial charge in [-0.25, -0.2) is 8.78 Å². The summed E-state index contributed by atoms with van der Waals surface area (Å²) in [6.45, 7) is 4.83. The number of anilines is 1. The molecule has 17 heavy (non-hydrogen) atoms. The number of carbonyl (C=O) groups excluding carboxylic acids is 1. The molecule has 0 aliphatic carbocycles. The van der Waals surface area contributed by atoms with Gasteiger partial charge in [0.25, 0.3) is 5.91 Å². The van der Waals surface area contributed by atoms with Crippen LogP contribution in [0, 0.1) is 11.6 Å². The largest absolute Gasteiger partial charge is 0.398 e. The zero-order valence-electron chi connectivity index (χ0n) is 9.96. The van der Waals surface area contributed by atoms with Crippen LogP contribution in [0.15, 0.2) is 12.1 Å². The second kappa shape index (κ2) is 5.61. The zero-order valence-corrected chi connectivity index (χ0v) is 9.96. The number of nitrogens with zero attached hydrogens (tertiary/aromatic N) is 1. The van der Waals surface area contributed by atoms with Gasteiger partial charge < -0.3 is 10.6 Å². The van der Waals surface area contributed by atoms with Crippen molar-refractivity contribution in [2.24, 2.45) is 0 Å². The molecule has 94 valence electrons. The average molecular weight is 242 g/mol. The van der Waals surface area contributed by atoms with Crippen LogP contribution in [-0.2, 0) is 0 Å². The molecule has 0 aliphatic rings. The summed E-state index contributed by atoms with van der Waals surface area (Å²) >= 11 is 0. The molecule has 1 aromatic rings. The van der Waals surface area contributed by atoms with Gasteiger partial charge in [0, 0.05) is 24.8 Å². The fraction of sp³-hybridized carbons (Fsp3) is 0.417. The Morgan fingerprint density at radius 3 is 2.41 bits per heavy atom. The lowest BCUT2D eigenvalue weighted by atomic mass is 10.1. The standard InChI is InChI=1S/C12H16F2N2O/c1-3-5-16(4-2)12(17)8-6-9(13)10(14)7-11(8)15/h6-7H,3-5,15H2,1-2H3. The van der Waals surface area contributed by atoms with Crippen molar-refractivity contribution in [2.75, 3.05) is 18.8 Å².